The van der Waals surface area contributed by atoms with E-state index in [9.17, 15) is 22.8 Å². The number of halogens is 4. The standard InChI is InChI=1S/C24H23F4N5O2/c1-3-5-6-11-31-21(24(26,27)28)14-22(34)32(23(31)35)19-13-20-18(12-17(19)25)29-30-33(20)16-9-7-15(4-2)8-10-16/h7-10,12-14H,3-6,11H2,1-2H3. The summed E-state index contributed by atoms with van der Waals surface area (Å²) < 4.78 is 58.1. The molecule has 4 rings (SSSR count). The molecule has 0 bridgehead atoms. The van der Waals surface area contributed by atoms with Gasteiger partial charge in [0.05, 0.1) is 16.9 Å². The molecule has 0 unspecified atom stereocenters. The van der Waals surface area contributed by atoms with Crippen LogP contribution >= 0.6 is 0 Å². The van der Waals surface area contributed by atoms with Crippen LogP contribution in [0.1, 0.15) is 44.4 Å². The minimum atomic E-state index is -4.92. The maximum absolute atomic E-state index is 15.0. The molecule has 0 saturated heterocycles. The van der Waals surface area contributed by atoms with Crippen LogP contribution in [0.5, 0.6) is 0 Å². The number of fused-ring (bicyclic) bond motifs is 1. The van der Waals surface area contributed by atoms with E-state index in [1.807, 2.05) is 26.0 Å². The van der Waals surface area contributed by atoms with Crippen molar-refractivity contribution >= 4 is 11.0 Å². The number of aryl methyl sites for hydroxylation is 1. The highest BCUT2D eigenvalue weighted by atomic mass is 19.4. The lowest BCUT2D eigenvalue weighted by Gasteiger charge is -2.17. The topological polar surface area (TPSA) is 74.7 Å². The lowest BCUT2D eigenvalue weighted by Crippen LogP contribution is -2.42. The SMILES string of the molecule is CCCCCn1c(C(F)(F)F)cc(=O)n(-c2cc3c(cc2F)nnn3-c2ccc(CC)cc2)c1=O. The first kappa shape index (κ1) is 24.4. The fourth-order valence-corrected chi connectivity index (χ4v) is 3.94. The molecule has 0 aliphatic carbocycles. The van der Waals surface area contributed by atoms with Crippen molar-refractivity contribution in [3.05, 3.63) is 80.4 Å². The molecule has 184 valence electrons. The highest BCUT2D eigenvalue weighted by molar-refractivity contribution is 5.79. The van der Waals surface area contributed by atoms with E-state index in [-0.39, 0.29) is 17.6 Å². The number of rotatable bonds is 7. The fraction of sp³-hybridized carbons (Fsp3) is 0.333. The fourth-order valence-electron chi connectivity index (χ4n) is 3.94. The van der Waals surface area contributed by atoms with Crippen LogP contribution in [0.4, 0.5) is 17.6 Å². The highest BCUT2D eigenvalue weighted by Crippen LogP contribution is 2.28. The minimum absolute atomic E-state index is 0.161. The molecule has 4 aromatic rings. The molecule has 11 heteroatoms. The van der Waals surface area contributed by atoms with Gasteiger partial charge < -0.3 is 0 Å². The lowest BCUT2D eigenvalue weighted by molar-refractivity contribution is -0.144. The maximum atomic E-state index is 15.0. The number of aromatic nitrogens is 5. The lowest BCUT2D eigenvalue weighted by atomic mass is 10.1. The first-order chi connectivity index (χ1) is 16.7. The van der Waals surface area contributed by atoms with Crippen LogP contribution in [-0.2, 0) is 19.1 Å². The van der Waals surface area contributed by atoms with Gasteiger partial charge in [-0.2, -0.15) is 13.2 Å². The minimum Gasteiger partial charge on any atom is -0.289 e. The van der Waals surface area contributed by atoms with Crippen LogP contribution in [0, 0.1) is 5.82 Å². The zero-order valence-corrected chi connectivity index (χ0v) is 19.1. The van der Waals surface area contributed by atoms with Crippen LogP contribution in [0.3, 0.4) is 0 Å². The van der Waals surface area contributed by atoms with Gasteiger partial charge in [0, 0.05) is 18.7 Å². The van der Waals surface area contributed by atoms with Crippen molar-refractivity contribution in [2.45, 2.75) is 52.3 Å². The molecule has 0 saturated carbocycles. The molecule has 0 atom stereocenters. The largest absolute Gasteiger partial charge is 0.431 e. The Morgan fingerprint density at radius 1 is 0.971 bits per heavy atom. The van der Waals surface area contributed by atoms with Crippen molar-refractivity contribution < 1.29 is 17.6 Å². The van der Waals surface area contributed by atoms with Crippen molar-refractivity contribution in [2.75, 3.05) is 0 Å². The Morgan fingerprint density at radius 3 is 2.31 bits per heavy atom. The third-order valence-electron chi connectivity index (χ3n) is 5.81. The predicted octanol–water partition coefficient (Wildman–Crippen LogP) is 4.64. The van der Waals surface area contributed by atoms with Crippen molar-refractivity contribution in [2.24, 2.45) is 0 Å². The van der Waals surface area contributed by atoms with E-state index >= 15 is 4.39 Å². The summed E-state index contributed by atoms with van der Waals surface area (Å²) in [7, 11) is 0. The number of nitrogens with zero attached hydrogens (tertiary/aromatic N) is 5. The van der Waals surface area contributed by atoms with Gasteiger partial charge in [-0.1, -0.05) is 44.0 Å². The quantitative estimate of drug-likeness (QED) is 0.280. The summed E-state index contributed by atoms with van der Waals surface area (Å²) in [6, 6.07) is 9.90. The van der Waals surface area contributed by atoms with Gasteiger partial charge in [-0.3, -0.25) is 9.36 Å². The molecule has 0 aliphatic heterocycles. The van der Waals surface area contributed by atoms with E-state index in [2.05, 4.69) is 10.3 Å². The average molecular weight is 489 g/mol. The number of alkyl halides is 3. The normalized spacial score (nSPS) is 11.9. The van der Waals surface area contributed by atoms with Crippen LogP contribution < -0.4 is 11.2 Å². The summed E-state index contributed by atoms with van der Waals surface area (Å²) in [6.07, 6.45) is -2.49. The van der Waals surface area contributed by atoms with Crippen LogP contribution in [0.15, 0.2) is 52.1 Å². The molecular formula is C24H23F4N5O2. The maximum Gasteiger partial charge on any atom is 0.431 e. The summed E-state index contributed by atoms with van der Waals surface area (Å²) in [6.45, 7) is 3.62. The van der Waals surface area contributed by atoms with Gasteiger partial charge in [-0.05, 0) is 36.6 Å². The summed E-state index contributed by atoms with van der Waals surface area (Å²) in [5.74, 6) is -0.982. The molecular weight excluding hydrogens is 466 g/mol. The van der Waals surface area contributed by atoms with E-state index < -0.39 is 34.6 Å². The number of benzene rings is 2. The Hall–Kier alpha value is -3.76. The van der Waals surface area contributed by atoms with Gasteiger partial charge in [-0.25, -0.2) is 18.4 Å². The molecule has 0 fully saturated rings. The van der Waals surface area contributed by atoms with Gasteiger partial charge in [0.1, 0.15) is 17.0 Å². The van der Waals surface area contributed by atoms with E-state index in [0.717, 1.165) is 24.5 Å². The van der Waals surface area contributed by atoms with E-state index in [1.165, 1.54) is 10.7 Å². The first-order valence-corrected chi connectivity index (χ1v) is 11.2. The third-order valence-corrected chi connectivity index (χ3v) is 5.81. The molecule has 0 amide bonds. The van der Waals surface area contributed by atoms with Crippen molar-refractivity contribution in [3.8, 4) is 11.4 Å². The van der Waals surface area contributed by atoms with Crippen LogP contribution in [0.25, 0.3) is 22.4 Å². The van der Waals surface area contributed by atoms with Crippen molar-refractivity contribution in [1.82, 2.24) is 24.1 Å². The number of hydrogen-bond donors (Lipinski definition) is 0. The first-order valence-electron chi connectivity index (χ1n) is 11.2. The van der Waals surface area contributed by atoms with Gasteiger partial charge in [-0.15, -0.1) is 5.10 Å². The number of hydrogen-bond acceptors (Lipinski definition) is 4. The molecule has 0 spiro atoms. The zero-order valence-electron chi connectivity index (χ0n) is 19.1. The molecule has 2 aromatic heterocycles. The van der Waals surface area contributed by atoms with Gasteiger partial charge in [0.2, 0.25) is 0 Å². The second-order valence-corrected chi connectivity index (χ2v) is 8.16. The summed E-state index contributed by atoms with van der Waals surface area (Å²) in [4.78, 5) is 25.8. The molecule has 0 aliphatic rings. The Bertz CT molecular complexity index is 1480. The average Bonchev–Trinajstić information content (AvgIpc) is 3.22. The van der Waals surface area contributed by atoms with E-state index in [1.54, 1.807) is 12.1 Å². The van der Waals surface area contributed by atoms with Crippen molar-refractivity contribution in [1.29, 1.82) is 0 Å². The molecule has 35 heavy (non-hydrogen) atoms. The third kappa shape index (κ3) is 4.62. The van der Waals surface area contributed by atoms with Gasteiger partial charge >= 0.3 is 11.9 Å². The van der Waals surface area contributed by atoms with E-state index in [4.69, 9.17) is 0 Å². The highest BCUT2D eigenvalue weighted by Gasteiger charge is 2.36. The molecule has 2 aromatic carbocycles. The predicted molar refractivity (Wildman–Crippen MR) is 123 cm³/mol. The summed E-state index contributed by atoms with van der Waals surface area (Å²) in [5, 5.41) is 7.98. The van der Waals surface area contributed by atoms with Crippen LogP contribution in [-0.4, -0.2) is 24.1 Å². The molecule has 0 N–H and O–H groups in total. The summed E-state index contributed by atoms with van der Waals surface area (Å²) in [5.41, 5.74) is -2.22. The molecule has 2 heterocycles. The van der Waals surface area contributed by atoms with Crippen LogP contribution in [0.2, 0.25) is 0 Å². The molecule has 0 radical (unpaired) electrons. The Balaban J connectivity index is 1.92. The second kappa shape index (κ2) is 9.47. The van der Waals surface area contributed by atoms with Crippen molar-refractivity contribution in [3.63, 3.8) is 0 Å². The Kier molecular flexibility index (Phi) is 6.60. The Labute approximate surface area is 197 Å². The Morgan fingerprint density at radius 2 is 1.69 bits per heavy atom. The zero-order chi connectivity index (χ0) is 25.3. The van der Waals surface area contributed by atoms with Gasteiger partial charge in [0.25, 0.3) is 5.56 Å². The molecule has 7 nitrogen and oxygen atoms in total. The second-order valence-electron chi connectivity index (χ2n) is 8.16. The monoisotopic (exact) mass is 489 g/mol. The van der Waals surface area contributed by atoms with Gasteiger partial charge in [0.15, 0.2) is 0 Å². The number of unbranched alkanes of at least 4 members (excludes halogenated alkanes) is 2. The smallest absolute Gasteiger partial charge is 0.289 e. The summed E-state index contributed by atoms with van der Waals surface area (Å²) >= 11 is 0. The van der Waals surface area contributed by atoms with E-state index in [0.29, 0.717) is 33.7 Å².